The maximum Gasteiger partial charge on any atom is 0.121 e. The first-order valence-electron chi connectivity index (χ1n) is 6.85. The number of nitrogens with one attached hydrogen (secondary N) is 1. The summed E-state index contributed by atoms with van der Waals surface area (Å²) >= 11 is 0. The molecule has 0 bridgehead atoms. The van der Waals surface area contributed by atoms with E-state index in [1.54, 1.807) is 7.11 Å². The van der Waals surface area contributed by atoms with Gasteiger partial charge in [-0.15, -0.1) is 0 Å². The lowest BCUT2D eigenvalue weighted by Crippen LogP contribution is -2.26. The maximum absolute atomic E-state index is 5.60. The monoisotopic (exact) mass is 265 g/mol. The Labute approximate surface area is 115 Å². The number of hydrogen-bond acceptors (Lipinski definition) is 4. The number of benzene rings is 1. The first-order chi connectivity index (χ1) is 9.29. The van der Waals surface area contributed by atoms with Gasteiger partial charge in [0.15, 0.2) is 0 Å². The summed E-state index contributed by atoms with van der Waals surface area (Å²) in [6.45, 7) is 5.13. The van der Waals surface area contributed by atoms with Crippen molar-refractivity contribution >= 4 is 5.69 Å². The van der Waals surface area contributed by atoms with E-state index in [0.717, 1.165) is 31.1 Å². The molecule has 2 rings (SSSR count). The Balaban J connectivity index is 1.86. The average Bonchev–Trinajstić information content (AvgIpc) is 2.93. The normalized spacial score (nSPS) is 20.2. The highest BCUT2D eigenvalue weighted by atomic mass is 16.5. The molecular formula is C15H23NO3. The minimum Gasteiger partial charge on any atom is -0.491 e. The van der Waals surface area contributed by atoms with Gasteiger partial charge in [-0.2, -0.15) is 0 Å². The molecule has 4 heteroatoms. The summed E-state index contributed by atoms with van der Waals surface area (Å²) in [7, 11) is 1.67. The van der Waals surface area contributed by atoms with Crippen molar-refractivity contribution in [3.8, 4) is 5.75 Å². The van der Waals surface area contributed by atoms with Gasteiger partial charge >= 0.3 is 0 Å². The second-order valence-corrected chi connectivity index (χ2v) is 4.93. The summed E-state index contributed by atoms with van der Waals surface area (Å²) in [5.74, 6) is 1.47. The second kappa shape index (κ2) is 7.36. The van der Waals surface area contributed by atoms with E-state index in [1.165, 1.54) is 0 Å². The average molecular weight is 265 g/mol. The predicted octanol–water partition coefficient (Wildman–Crippen LogP) is 2.55. The Hall–Kier alpha value is -1.26. The highest BCUT2D eigenvalue weighted by Crippen LogP contribution is 2.22. The second-order valence-electron chi connectivity index (χ2n) is 4.93. The van der Waals surface area contributed by atoms with Gasteiger partial charge in [-0.25, -0.2) is 0 Å². The molecule has 1 heterocycles. The van der Waals surface area contributed by atoms with E-state index >= 15 is 0 Å². The van der Waals surface area contributed by atoms with Gasteiger partial charge in [0.2, 0.25) is 0 Å². The fourth-order valence-electron chi connectivity index (χ4n) is 2.25. The molecule has 0 spiro atoms. The molecule has 0 aromatic heterocycles. The van der Waals surface area contributed by atoms with E-state index in [9.17, 15) is 0 Å². The minimum atomic E-state index is 0.414. The molecule has 1 saturated heterocycles. The van der Waals surface area contributed by atoms with Crippen LogP contribution in [-0.4, -0.2) is 39.6 Å². The molecular weight excluding hydrogens is 242 g/mol. The molecule has 0 saturated carbocycles. The molecule has 0 aliphatic carbocycles. The number of methoxy groups -OCH3 is 1. The summed E-state index contributed by atoms with van der Waals surface area (Å²) in [4.78, 5) is 0. The van der Waals surface area contributed by atoms with Gasteiger partial charge in [-0.05, 0) is 25.5 Å². The van der Waals surface area contributed by atoms with Crippen LogP contribution in [0.2, 0.25) is 0 Å². The predicted molar refractivity (Wildman–Crippen MR) is 75.8 cm³/mol. The molecule has 0 radical (unpaired) electrons. The number of anilines is 1. The van der Waals surface area contributed by atoms with Crippen LogP contribution in [-0.2, 0) is 9.47 Å². The minimum absolute atomic E-state index is 0.414. The molecule has 2 atom stereocenters. The van der Waals surface area contributed by atoms with Crippen molar-refractivity contribution in [3.63, 3.8) is 0 Å². The van der Waals surface area contributed by atoms with Crippen LogP contribution < -0.4 is 10.1 Å². The van der Waals surface area contributed by atoms with Crippen LogP contribution in [0, 0.1) is 5.92 Å². The van der Waals surface area contributed by atoms with Crippen molar-refractivity contribution in [2.45, 2.75) is 19.4 Å². The van der Waals surface area contributed by atoms with Gasteiger partial charge < -0.3 is 19.5 Å². The SMILES string of the molecule is COCCOc1cccc(NC(C)C2CCOC2)c1. The van der Waals surface area contributed by atoms with Crippen molar-refractivity contribution in [3.05, 3.63) is 24.3 Å². The molecule has 1 aliphatic rings. The topological polar surface area (TPSA) is 39.7 Å². The van der Waals surface area contributed by atoms with Gasteiger partial charge in [-0.3, -0.25) is 0 Å². The van der Waals surface area contributed by atoms with Crippen LogP contribution in [0.4, 0.5) is 5.69 Å². The lowest BCUT2D eigenvalue weighted by Gasteiger charge is -2.20. The zero-order valence-electron chi connectivity index (χ0n) is 11.7. The molecule has 1 aromatic carbocycles. The number of rotatable bonds is 7. The highest BCUT2D eigenvalue weighted by molar-refractivity contribution is 5.48. The summed E-state index contributed by atoms with van der Waals surface area (Å²) in [6, 6.07) is 8.47. The van der Waals surface area contributed by atoms with Crippen molar-refractivity contribution in [2.24, 2.45) is 5.92 Å². The molecule has 1 N–H and O–H groups in total. The van der Waals surface area contributed by atoms with Gasteiger partial charge in [0.25, 0.3) is 0 Å². The number of ether oxygens (including phenoxy) is 3. The van der Waals surface area contributed by atoms with Crippen molar-refractivity contribution < 1.29 is 14.2 Å². The van der Waals surface area contributed by atoms with E-state index in [4.69, 9.17) is 14.2 Å². The number of hydrogen-bond donors (Lipinski definition) is 1. The van der Waals surface area contributed by atoms with E-state index < -0.39 is 0 Å². The molecule has 106 valence electrons. The lowest BCUT2D eigenvalue weighted by atomic mass is 10.0. The zero-order chi connectivity index (χ0) is 13.5. The summed E-state index contributed by atoms with van der Waals surface area (Å²) < 4.78 is 16.0. The zero-order valence-corrected chi connectivity index (χ0v) is 11.7. The largest absolute Gasteiger partial charge is 0.491 e. The van der Waals surface area contributed by atoms with Crippen LogP contribution in [0.15, 0.2) is 24.3 Å². The Bertz CT molecular complexity index is 377. The standard InChI is InChI=1S/C15H23NO3/c1-12(13-6-7-18-11-13)16-14-4-3-5-15(10-14)19-9-8-17-2/h3-5,10,12-13,16H,6-9,11H2,1-2H3. The molecule has 1 fully saturated rings. The van der Waals surface area contributed by atoms with Crippen LogP contribution in [0.5, 0.6) is 5.75 Å². The smallest absolute Gasteiger partial charge is 0.121 e. The van der Waals surface area contributed by atoms with E-state index in [2.05, 4.69) is 18.3 Å². The maximum atomic E-state index is 5.60. The van der Waals surface area contributed by atoms with Crippen molar-refractivity contribution in [1.82, 2.24) is 0 Å². The summed E-state index contributed by atoms with van der Waals surface area (Å²) in [5, 5.41) is 3.52. The van der Waals surface area contributed by atoms with Crippen LogP contribution in [0.25, 0.3) is 0 Å². The Morgan fingerprint density at radius 2 is 2.32 bits per heavy atom. The van der Waals surface area contributed by atoms with Crippen LogP contribution >= 0.6 is 0 Å². The molecule has 1 aromatic rings. The molecule has 0 amide bonds. The first kappa shape index (κ1) is 14.2. The third kappa shape index (κ3) is 4.40. The van der Waals surface area contributed by atoms with E-state index in [-0.39, 0.29) is 0 Å². The third-order valence-electron chi connectivity index (χ3n) is 3.46. The molecule has 2 unspecified atom stereocenters. The molecule has 19 heavy (non-hydrogen) atoms. The van der Waals surface area contributed by atoms with Gasteiger partial charge in [0.05, 0.1) is 13.2 Å². The lowest BCUT2D eigenvalue weighted by molar-refractivity contribution is 0.146. The van der Waals surface area contributed by atoms with Gasteiger partial charge in [0, 0.05) is 37.4 Å². The van der Waals surface area contributed by atoms with Gasteiger partial charge in [0.1, 0.15) is 12.4 Å². The Morgan fingerprint density at radius 3 is 3.05 bits per heavy atom. The summed E-state index contributed by atoms with van der Waals surface area (Å²) in [6.07, 6.45) is 1.14. The fourth-order valence-corrected chi connectivity index (χ4v) is 2.25. The first-order valence-corrected chi connectivity index (χ1v) is 6.85. The van der Waals surface area contributed by atoms with Crippen molar-refractivity contribution in [2.75, 3.05) is 38.9 Å². The van der Waals surface area contributed by atoms with Gasteiger partial charge in [-0.1, -0.05) is 6.07 Å². The Morgan fingerprint density at radius 1 is 1.42 bits per heavy atom. The van der Waals surface area contributed by atoms with Crippen molar-refractivity contribution in [1.29, 1.82) is 0 Å². The van der Waals surface area contributed by atoms with Crippen LogP contribution in [0.3, 0.4) is 0 Å². The Kier molecular flexibility index (Phi) is 5.48. The molecule has 4 nitrogen and oxygen atoms in total. The highest BCUT2D eigenvalue weighted by Gasteiger charge is 2.22. The quantitative estimate of drug-likeness (QED) is 0.769. The van der Waals surface area contributed by atoms with E-state index in [0.29, 0.717) is 25.2 Å². The van der Waals surface area contributed by atoms with E-state index in [1.807, 2.05) is 18.2 Å². The van der Waals surface area contributed by atoms with Crippen LogP contribution in [0.1, 0.15) is 13.3 Å². The third-order valence-corrected chi connectivity index (χ3v) is 3.46. The fraction of sp³-hybridized carbons (Fsp3) is 0.600. The molecule has 1 aliphatic heterocycles. The summed E-state index contributed by atoms with van der Waals surface area (Å²) in [5.41, 5.74) is 1.09.